The number of fused-ring (bicyclic) bond motifs is 1. The summed E-state index contributed by atoms with van der Waals surface area (Å²) in [4.78, 5) is 39.4. The Morgan fingerprint density at radius 2 is 2.03 bits per heavy atom. The van der Waals surface area contributed by atoms with Crippen LogP contribution in [0, 0.1) is 17.0 Å². The van der Waals surface area contributed by atoms with E-state index in [1.165, 1.54) is 22.6 Å². The zero-order chi connectivity index (χ0) is 22.1. The fourth-order valence-electron chi connectivity index (χ4n) is 3.58. The average molecular weight is 456 g/mol. The van der Waals surface area contributed by atoms with Crippen LogP contribution in [0.5, 0.6) is 0 Å². The van der Waals surface area contributed by atoms with Gasteiger partial charge in [0.25, 0.3) is 17.5 Å². The summed E-state index contributed by atoms with van der Waals surface area (Å²) in [5, 5.41) is 15.8. The number of nitrogens with zero attached hydrogens (tertiary/aromatic N) is 2. The van der Waals surface area contributed by atoms with Gasteiger partial charge in [-0.05, 0) is 60.2 Å². The summed E-state index contributed by atoms with van der Waals surface area (Å²) in [6, 6.07) is 11.1. The third-order valence-electron chi connectivity index (χ3n) is 5.31. The Kier molecular flexibility index (Phi) is 5.75. The molecule has 9 heteroatoms. The molecule has 3 aromatic rings. The van der Waals surface area contributed by atoms with E-state index in [-0.39, 0.29) is 22.2 Å². The Morgan fingerprint density at radius 3 is 2.81 bits per heavy atom. The van der Waals surface area contributed by atoms with E-state index in [9.17, 15) is 19.7 Å². The third kappa shape index (κ3) is 4.17. The van der Waals surface area contributed by atoms with Gasteiger partial charge in [-0.2, -0.15) is 0 Å². The molecule has 2 aromatic carbocycles. The second-order valence-corrected chi connectivity index (χ2v) is 8.61. The molecule has 158 valence electrons. The number of rotatable bonds is 4. The van der Waals surface area contributed by atoms with Crippen molar-refractivity contribution in [3.05, 3.63) is 90.1 Å². The molecule has 1 aromatic heterocycles. The lowest BCUT2D eigenvalue weighted by molar-refractivity contribution is -0.384. The summed E-state index contributed by atoms with van der Waals surface area (Å²) in [6.07, 6.45) is 0.837. The summed E-state index contributed by atoms with van der Waals surface area (Å²) in [7, 11) is 0. The van der Waals surface area contributed by atoms with Gasteiger partial charge in [-0.25, -0.2) is 0 Å². The van der Waals surface area contributed by atoms with E-state index < -0.39 is 10.8 Å². The highest BCUT2D eigenvalue weighted by atomic mass is 35.5. The van der Waals surface area contributed by atoms with Gasteiger partial charge >= 0.3 is 0 Å². The second kappa shape index (κ2) is 8.49. The number of nitro benzene ring substituents is 1. The van der Waals surface area contributed by atoms with Gasteiger partial charge in [0, 0.05) is 40.8 Å². The first-order valence-electron chi connectivity index (χ1n) is 9.54. The van der Waals surface area contributed by atoms with Crippen molar-refractivity contribution < 1.29 is 14.5 Å². The van der Waals surface area contributed by atoms with Gasteiger partial charge in [0.2, 0.25) is 0 Å². The van der Waals surface area contributed by atoms with Gasteiger partial charge in [-0.3, -0.25) is 19.7 Å². The lowest BCUT2D eigenvalue weighted by Crippen LogP contribution is -2.35. The van der Waals surface area contributed by atoms with Crippen molar-refractivity contribution in [2.45, 2.75) is 19.9 Å². The molecule has 0 atom stereocenters. The number of hydrogen-bond acceptors (Lipinski definition) is 5. The van der Waals surface area contributed by atoms with Gasteiger partial charge in [0.15, 0.2) is 0 Å². The molecule has 1 aliphatic rings. The molecule has 0 bridgehead atoms. The van der Waals surface area contributed by atoms with E-state index >= 15 is 0 Å². The molecule has 0 spiro atoms. The third-order valence-corrected chi connectivity index (χ3v) is 6.65. The number of hydrogen-bond donors (Lipinski definition) is 1. The number of amides is 2. The highest BCUT2D eigenvalue weighted by Gasteiger charge is 2.24. The minimum Gasteiger partial charge on any atom is -0.334 e. The zero-order valence-corrected chi connectivity index (χ0v) is 18.1. The highest BCUT2D eigenvalue weighted by Crippen LogP contribution is 2.28. The number of nitro groups is 1. The predicted octanol–water partition coefficient (Wildman–Crippen LogP) is 5.07. The molecule has 4 rings (SSSR count). The van der Waals surface area contributed by atoms with Crippen molar-refractivity contribution in [1.82, 2.24) is 4.90 Å². The van der Waals surface area contributed by atoms with Gasteiger partial charge in [-0.1, -0.05) is 17.7 Å². The van der Waals surface area contributed by atoms with Crippen LogP contribution >= 0.6 is 22.9 Å². The largest absolute Gasteiger partial charge is 0.334 e. The second-order valence-electron chi connectivity index (χ2n) is 7.20. The van der Waals surface area contributed by atoms with E-state index in [0.717, 1.165) is 12.5 Å². The fourth-order valence-corrected chi connectivity index (χ4v) is 4.66. The first kappa shape index (κ1) is 21.0. The summed E-state index contributed by atoms with van der Waals surface area (Å²) in [5.41, 5.74) is 2.57. The monoisotopic (exact) mass is 455 g/mol. The van der Waals surface area contributed by atoms with Crippen LogP contribution in [0.3, 0.4) is 0 Å². The number of carbonyl (C=O) groups excluding carboxylic acids is 2. The maximum Gasteiger partial charge on any atom is 0.288 e. The van der Waals surface area contributed by atoms with E-state index in [1.807, 2.05) is 16.3 Å². The SMILES string of the molecule is Cc1c(NC(=O)c2ccc(Cl)c([N+](=O)[O-])c2)cccc1C(=O)N1CCc2sccc2C1. The van der Waals surface area contributed by atoms with Crippen LogP contribution in [0.2, 0.25) is 5.02 Å². The van der Waals surface area contributed by atoms with E-state index in [4.69, 9.17) is 11.6 Å². The first-order chi connectivity index (χ1) is 14.8. The smallest absolute Gasteiger partial charge is 0.288 e. The molecule has 0 saturated heterocycles. The molecular weight excluding hydrogens is 438 g/mol. The Hall–Kier alpha value is -3.23. The standard InChI is InChI=1S/C22H18ClN3O4S/c1-13-16(22(28)25-9-7-20-15(12-25)8-10-31-20)3-2-4-18(13)24-21(27)14-5-6-17(23)19(11-14)26(29)30/h2-6,8,10-11H,7,9,12H2,1H3,(H,24,27). The molecule has 0 unspecified atom stereocenters. The molecule has 0 fully saturated rings. The number of halogens is 1. The van der Waals surface area contributed by atoms with Crippen LogP contribution in [0.25, 0.3) is 0 Å². The van der Waals surface area contributed by atoms with Crippen molar-refractivity contribution in [3.63, 3.8) is 0 Å². The number of anilines is 1. The normalized spacial score (nSPS) is 12.9. The topological polar surface area (TPSA) is 92.5 Å². The fraction of sp³-hybridized carbons (Fsp3) is 0.182. The molecule has 7 nitrogen and oxygen atoms in total. The first-order valence-corrected chi connectivity index (χ1v) is 10.8. The lowest BCUT2D eigenvalue weighted by atomic mass is 10.0. The summed E-state index contributed by atoms with van der Waals surface area (Å²) < 4.78 is 0. The van der Waals surface area contributed by atoms with Gasteiger partial charge in [0.05, 0.1) is 4.92 Å². The van der Waals surface area contributed by atoms with E-state index in [1.54, 1.807) is 36.5 Å². The van der Waals surface area contributed by atoms with Gasteiger partial charge in [0.1, 0.15) is 5.02 Å². The van der Waals surface area contributed by atoms with Crippen molar-refractivity contribution in [2.75, 3.05) is 11.9 Å². The van der Waals surface area contributed by atoms with Crippen LogP contribution in [0.15, 0.2) is 47.8 Å². The quantitative estimate of drug-likeness (QED) is 0.439. The summed E-state index contributed by atoms with van der Waals surface area (Å²) in [5.74, 6) is -0.610. The van der Waals surface area contributed by atoms with Crippen LogP contribution in [0.1, 0.15) is 36.7 Å². The van der Waals surface area contributed by atoms with Crippen molar-refractivity contribution in [2.24, 2.45) is 0 Å². The van der Waals surface area contributed by atoms with Crippen molar-refractivity contribution in [1.29, 1.82) is 0 Å². The molecule has 1 N–H and O–H groups in total. The van der Waals surface area contributed by atoms with Gasteiger partial charge in [-0.15, -0.1) is 11.3 Å². The van der Waals surface area contributed by atoms with E-state index in [0.29, 0.717) is 29.9 Å². The molecule has 31 heavy (non-hydrogen) atoms. The minimum absolute atomic E-state index is 0.0411. The summed E-state index contributed by atoms with van der Waals surface area (Å²) >= 11 is 7.53. The predicted molar refractivity (Wildman–Crippen MR) is 120 cm³/mol. The molecule has 2 heterocycles. The number of nitrogens with one attached hydrogen (secondary N) is 1. The van der Waals surface area contributed by atoms with Crippen LogP contribution in [0.4, 0.5) is 11.4 Å². The highest BCUT2D eigenvalue weighted by molar-refractivity contribution is 7.10. The van der Waals surface area contributed by atoms with Crippen molar-refractivity contribution in [3.8, 4) is 0 Å². The average Bonchev–Trinajstić information content (AvgIpc) is 3.22. The Bertz CT molecular complexity index is 1210. The Labute approximate surface area is 187 Å². The lowest BCUT2D eigenvalue weighted by Gasteiger charge is -2.28. The van der Waals surface area contributed by atoms with Gasteiger partial charge < -0.3 is 10.2 Å². The zero-order valence-electron chi connectivity index (χ0n) is 16.6. The maximum absolute atomic E-state index is 13.1. The molecule has 0 aliphatic carbocycles. The number of benzene rings is 2. The molecule has 2 amide bonds. The number of carbonyl (C=O) groups is 2. The number of thiophene rings is 1. The minimum atomic E-state index is -0.638. The Balaban J connectivity index is 1.55. The van der Waals surface area contributed by atoms with Crippen LogP contribution in [-0.2, 0) is 13.0 Å². The van der Waals surface area contributed by atoms with Crippen molar-refractivity contribution >= 4 is 46.1 Å². The summed E-state index contributed by atoms with van der Waals surface area (Å²) in [6.45, 7) is 2.99. The molecular formula is C22H18ClN3O4S. The maximum atomic E-state index is 13.1. The molecule has 0 saturated carbocycles. The van der Waals surface area contributed by atoms with Crippen LogP contribution in [-0.4, -0.2) is 28.2 Å². The van der Waals surface area contributed by atoms with Crippen LogP contribution < -0.4 is 5.32 Å². The molecule has 0 radical (unpaired) electrons. The van der Waals surface area contributed by atoms with E-state index in [2.05, 4.69) is 5.32 Å². The Morgan fingerprint density at radius 1 is 1.23 bits per heavy atom. The molecule has 1 aliphatic heterocycles.